The minimum Gasteiger partial charge on any atom is -0.399 e. The Labute approximate surface area is 116 Å². The molecule has 1 amide bonds. The fourth-order valence-electron chi connectivity index (χ4n) is 2.14. The number of nitrogen functional groups attached to an aromatic ring is 1. The van der Waals surface area contributed by atoms with E-state index in [0.717, 1.165) is 16.6 Å². The number of amides is 1. The third kappa shape index (κ3) is 2.36. The van der Waals surface area contributed by atoms with Crippen LogP contribution in [0.1, 0.15) is 16.1 Å². The number of benzene rings is 2. The first-order chi connectivity index (χ1) is 9.61. The first-order valence-corrected chi connectivity index (χ1v) is 6.38. The number of aryl methyl sites for hydroxylation is 1. The van der Waals surface area contributed by atoms with Crippen molar-refractivity contribution in [2.45, 2.75) is 6.92 Å². The van der Waals surface area contributed by atoms with Gasteiger partial charge in [0.05, 0.1) is 0 Å². The summed E-state index contributed by atoms with van der Waals surface area (Å²) in [6.45, 7) is 2.03. The van der Waals surface area contributed by atoms with E-state index in [1.54, 1.807) is 24.3 Å². The Balaban J connectivity index is 1.86. The zero-order valence-corrected chi connectivity index (χ0v) is 11.1. The van der Waals surface area contributed by atoms with Crippen molar-refractivity contribution >= 4 is 28.2 Å². The van der Waals surface area contributed by atoms with E-state index in [4.69, 9.17) is 5.73 Å². The average Bonchev–Trinajstić information content (AvgIpc) is 2.84. The van der Waals surface area contributed by atoms with Gasteiger partial charge in [0.15, 0.2) is 0 Å². The van der Waals surface area contributed by atoms with Gasteiger partial charge >= 0.3 is 0 Å². The lowest BCUT2D eigenvalue weighted by atomic mass is 10.2. The van der Waals surface area contributed by atoms with Gasteiger partial charge in [0.2, 0.25) is 0 Å². The highest BCUT2D eigenvalue weighted by molar-refractivity contribution is 6.06. The van der Waals surface area contributed by atoms with Gasteiger partial charge in [-0.05, 0) is 49.4 Å². The Hall–Kier alpha value is -2.75. The second kappa shape index (κ2) is 4.74. The smallest absolute Gasteiger partial charge is 0.272 e. The van der Waals surface area contributed by atoms with Gasteiger partial charge in [-0.3, -0.25) is 4.79 Å². The second-order valence-corrected chi connectivity index (χ2v) is 4.85. The fraction of sp³-hybridized carbons (Fsp3) is 0.0625. The quantitative estimate of drug-likeness (QED) is 0.622. The Kier molecular flexibility index (Phi) is 2.91. The van der Waals surface area contributed by atoms with Gasteiger partial charge < -0.3 is 16.0 Å². The maximum absolute atomic E-state index is 12.2. The molecule has 1 heterocycles. The molecule has 0 fully saturated rings. The number of rotatable bonds is 2. The summed E-state index contributed by atoms with van der Waals surface area (Å²) in [5, 5.41) is 3.87. The van der Waals surface area contributed by atoms with E-state index in [2.05, 4.69) is 10.3 Å². The molecule has 20 heavy (non-hydrogen) atoms. The summed E-state index contributed by atoms with van der Waals surface area (Å²) in [6.07, 6.45) is 0. The van der Waals surface area contributed by atoms with Gasteiger partial charge in [0.1, 0.15) is 5.69 Å². The van der Waals surface area contributed by atoms with Crippen LogP contribution in [0.15, 0.2) is 48.5 Å². The molecule has 4 N–H and O–H groups in total. The van der Waals surface area contributed by atoms with Crippen LogP contribution >= 0.6 is 0 Å². The predicted molar refractivity (Wildman–Crippen MR) is 81.8 cm³/mol. The lowest BCUT2D eigenvalue weighted by Gasteiger charge is -2.03. The SMILES string of the molecule is Cc1ccc2[nH]c(C(=O)Nc3ccc(N)cc3)cc2c1. The maximum atomic E-state index is 12.2. The summed E-state index contributed by atoms with van der Waals surface area (Å²) in [5.41, 5.74) is 9.68. The number of hydrogen-bond acceptors (Lipinski definition) is 2. The molecule has 0 bridgehead atoms. The molecule has 0 aliphatic carbocycles. The summed E-state index contributed by atoms with van der Waals surface area (Å²) in [4.78, 5) is 15.3. The molecule has 0 spiro atoms. The number of carbonyl (C=O) groups excluding carboxylic acids is 1. The minimum absolute atomic E-state index is 0.163. The van der Waals surface area contributed by atoms with Crippen LogP contribution in [0.25, 0.3) is 10.9 Å². The number of aromatic amines is 1. The van der Waals surface area contributed by atoms with E-state index in [1.807, 2.05) is 31.2 Å². The number of fused-ring (bicyclic) bond motifs is 1. The van der Waals surface area contributed by atoms with Gasteiger partial charge in [-0.25, -0.2) is 0 Å². The van der Waals surface area contributed by atoms with Crippen molar-refractivity contribution < 1.29 is 4.79 Å². The van der Waals surface area contributed by atoms with Crippen molar-refractivity contribution in [2.24, 2.45) is 0 Å². The number of nitrogens with two attached hydrogens (primary N) is 1. The molecule has 4 nitrogen and oxygen atoms in total. The van der Waals surface area contributed by atoms with Crippen LogP contribution in [0.3, 0.4) is 0 Å². The van der Waals surface area contributed by atoms with Crippen LogP contribution in [-0.4, -0.2) is 10.9 Å². The number of hydrogen-bond donors (Lipinski definition) is 3. The molecule has 0 radical (unpaired) electrons. The van der Waals surface area contributed by atoms with E-state index in [0.29, 0.717) is 11.4 Å². The zero-order chi connectivity index (χ0) is 14.1. The van der Waals surface area contributed by atoms with E-state index in [1.165, 1.54) is 5.56 Å². The van der Waals surface area contributed by atoms with Crippen molar-refractivity contribution in [1.82, 2.24) is 4.98 Å². The zero-order valence-electron chi connectivity index (χ0n) is 11.1. The number of anilines is 2. The Morgan fingerprint density at radius 3 is 2.60 bits per heavy atom. The topological polar surface area (TPSA) is 70.9 Å². The van der Waals surface area contributed by atoms with Crippen molar-refractivity contribution in [2.75, 3.05) is 11.1 Å². The van der Waals surface area contributed by atoms with Crippen molar-refractivity contribution in [3.05, 3.63) is 59.8 Å². The standard InChI is InChI=1S/C16H15N3O/c1-10-2-7-14-11(8-10)9-15(19-14)16(20)18-13-5-3-12(17)4-6-13/h2-9,19H,17H2,1H3,(H,18,20). The van der Waals surface area contributed by atoms with Crippen LogP contribution in [0, 0.1) is 6.92 Å². The fourth-order valence-corrected chi connectivity index (χ4v) is 2.14. The molecule has 0 saturated heterocycles. The predicted octanol–water partition coefficient (Wildman–Crippen LogP) is 3.31. The summed E-state index contributed by atoms with van der Waals surface area (Å²) in [7, 11) is 0. The molecule has 0 saturated carbocycles. The third-order valence-corrected chi connectivity index (χ3v) is 3.19. The maximum Gasteiger partial charge on any atom is 0.272 e. The van der Waals surface area contributed by atoms with Gasteiger partial charge in [0, 0.05) is 22.3 Å². The van der Waals surface area contributed by atoms with Crippen LogP contribution in [0.4, 0.5) is 11.4 Å². The normalized spacial score (nSPS) is 10.7. The second-order valence-electron chi connectivity index (χ2n) is 4.85. The minimum atomic E-state index is -0.163. The Morgan fingerprint density at radius 1 is 1.10 bits per heavy atom. The van der Waals surface area contributed by atoms with E-state index in [9.17, 15) is 4.79 Å². The summed E-state index contributed by atoms with van der Waals surface area (Å²) in [6, 6.07) is 15.0. The molecule has 100 valence electrons. The van der Waals surface area contributed by atoms with E-state index < -0.39 is 0 Å². The number of carbonyl (C=O) groups is 1. The van der Waals surface area contributed by atoms with Gasteiger partial charge in [-0.15, -0.1) is 0 Å². The molecular weight excluding hydrogens is 250 g/mol. The van der Waals surface area contributed by atoms with Gasteiger partial charge in [-0.1, -0.05) is 11.6 Å². The average molecular weight is 265 g/mol. The van der Waals surface area contributed by atoms with Crippen LogP contribution in [0.5, 0.6) is 0 Å². The lowest BCUT2D eigenvalue weighted by molar-refractivity contribution is 0.102. The molecule has 4 heteroatoms. The highest BCUT2D eigenvalue weighted by atomic mass is 16.1. The van der Waals surface area contributed by atoms with E-state index >= 15 is 0 Å². The molecule has 0 aliphatic rings. The van der Waals surface area contributed by atoms with Gasteiger partial charge in [0.25, 0.3) is 5.91 Å². The Bertz CT molecular complexity index is 772. The van der Waals surface area contributed by atoms with Crippen molar-refractivity contribution in [3.8, 4) is 0 Å². The number of H-pyrrole nitrogens is 1. The first-order valence-electron chi connectivity index (χ1n) is 6.38. The van der Waals surface area contributed by atoms with Gasteiger partial charge in [-0.2, -0.15) is 0 Å². The molecule has 2 aromatic carbocycles. The summed E-state index contributed by atoms with van der Waals surface area (Å²) >= 11 is 0. The number of aromatic nitrogens is 1. The lowest BCUT2D eigenvalue weighted by Crippen LogP contribution is -2.12. The van der Waals surface area contributed by atoms with Crippen LogP contribution in [-0.2, 0) is 0 Å². The molecular formula is C16H15N3O. The molecule has 0 aliphatic heterocycles. The van der Waals surface area contributed by atoms with Crippen LogP contribution < -0.4 is 11.1 Å². The van der Waals surface area contributed by atoms with Crippen LogP contribution in [0.2, 0.25) is 0 Å². The largest absolute Gasteiger partial charge is 0.399 e. The van der Waals surface area contributed by atoms with Crippen molar-refractivity contribution in [3.63, 3.8) is 0 Å². The molecule has 1 aromatic heterocycles. The molecule has 3 rings (SSSR count). The third-order valence-electron chi connectivity index (χ3n) is 3.19. The highest BCUT2D eigenvalue weighted by Gasteiger charge is 2.09. The van der Waals surface area contributed by atoms with E-state index in [-0.39, 0.29) is 5.91 Å². The first kappa shape index (κ1) is 12.3. The number of nitrogens with one attached hydrogen (secondary N) is 2. The van der Waals surface area contributed by atoms with Crippen molar-refractivity contribution in [1.29, 1.82) is 0 Å². The molecule has 0 unspecified atom stereocenters. The summed E-state index contributed by atoms with van der Waals surface area (Å²) < 4.78 is 0. The monoisotopic (exact) mass is 265 g/mol. The molecule has 3 aromatic rings. The Morgan fingerprint density at radius 2 is 1.85 bits per heavy atom. The molecule has 0 atom stereocenters. The summed E-state index contributed by atoms with van der Waals surface area (Å²) in [5.74, 6) is -0.163. The highest BCUT2D eigenvalue weighted by Crippen LogP contribution is 2.18.